The van der Waals surface area contributed by atoms with Crippen molar-refractivity contribution in [2.24, 2.45) is 0 Å². The molecule has 1 heterocycles. The first-order chi connectivity index (χ1) is 11.6. The number of ether oxygens (including phenoxy) is 1. The summed E-state index contributed by atoms with van der Waals surface area (Å²) in [7, 11) is 0. The summed E-state index contributed by atoms with van der Waals surface area (Å²) >= 11 is 0. The maximum Gasteiger partial charge on any atom is 0.258 e. The molecule has 0 radical (unpaired) electrons. The Bertz CT molecular complexity index is 673. The van der Waals surface area contributed by atoms with E-state index in [-0.39, 0.29) is 18.4 Å². The summed E-state index contributed by atoms with van der Waals surface area (Å²) < 4.78 is 10.8. The molecule has 0 bridgehead atoms. The molecule has 128 valence electrons. The van der Waals surface area contributed by atoms with E-state index in [9.17, 15) is 4.79 Å². The van der Waals surface area contributed by atoms with Crippen LogP contribution < -0.4 is 10.1 Å². The molecule has 24 heavy (non-hydrogen) atoms. The molecule has 1 N–H and O–H groups in total. The van der Waals surface area contributed by atoms with Crippen LogP contribution in [0.15, 0.2) is 28.8 Å². The number of benzene rings is 1. The highest BCUT2D eigenvalue weighted by atomic mass is 16.5. The van der Waals surface area contributed by atoms with E-state index in [0.29, 0.717) is 23.5 Å². The van der Waals surface area contributed by atoms with Gasteiger partial charge in [-0.25, -0.2) is 0 Å². The zero-order valence-corrected chi connectivity index (χ0v) is 14.1. The molecule has 2 aromatic rings. The smallest absolute Gasteiger partial charge is 0.258 e. The first-order valence-electron chi connectivity index (χ1n) is 8.48. The van der Waals surface area contributed by atoms with E-state index in [1.165, 1.54) is 12.8 Å². The molecular formula is C18H23N3O3. The predicted octanol–water partition coefficient (Wildman–Crippen LogP) is 3.30. The van der Waals surface area contributed by atoms with Gasteiger partial charge in [0.2, 0.25) is 0 Å². The van der Waals surface area contributed by atoms with Gasteiger partial charge in [-0.1, -0.05) is 31.8 Å². The number of nitrogens with zero attached hydrogens (tertiary/aromatic N) is 2. The minimum absolute atomic E-state index is 0.0356. The SMILES string of the molecule is CC(C)c1noc(-c2ccc(OCC(=O)NC3CCCC3)cc2)n1. The monoisotopic (exact) mass is 329 g/mol. The van der Waals surface area contributed by atoms with Crippen LogP contribution in [-0.2, 0) is 4.79 Å². The van der Waals surface area contributed by atoms with Gasteiger partial charge >= 0.3 is 0 Å². The summed E-state index contributed by atoms with van der Waals surface area (Å²) in [6.45, 7) is 4.07. The van der Waals surface area contributed by atoms with E-state index >= 15 is 0 Å². The number of hydrogen-bond donors (Lipinski definition) is 1. The van der Waals surface area contributed by atoms with Crippen LogP contribution in [0.2, 0.25) is 0 Å². The van der Waals surface area contributed by atoms with Crippen molar-refractivity contribution in [1.29, 1.82) is 0 Å². The van der Waals surface area contributed by atoms with Crippen molar-refractivity contribution in [1.82, 2.24) is 15.5 Å². The summed E-state index contributed by atoms with van der Waals surface area (Å²) in [4.78, 5) is 16.2. The third kappa shape index (κ3) is 4.13. The summed E-state index contributed by atoms with van der Waals surface area (Å²) in [6.07, 6.45) is 4.54. The van der Waals surface area contributed by atoms with Crippen LogP contribution in [0, 0.1) is 0 Å². The molecule has 1 fully saturated rings. The highest BCUT2D eigenvalue weighted by molar-refractivity contribution is 5.77. The Kier molecular flexibility index (Phi) is 5.13. The Morgan fingerprint density at radius 2 is 2.00 bits per heavy atom. The zero-order valence-electron chi connectivity index (χ0n) is 14.1. The molecular weight excluding hydrogens is 306 g/mol. The average Bonchev–Trinajstić information content (AvgIpc) is 3.25. The molecule has 1 aromatic heterocycles. The van der Waals surface area contributed by atoms with Gasteiger partial charge in [-0.05, 0) is 37.1 Å². The van der Waals surface area contributed by atoms with Crippen molar-refractivity contribution in [3.8, 4) is 17.2 Å². The largest absolute Gasteiger partial charge is 0.484 e. The summed E-state index contributed by atoms with van der Waals surface area (Å²) in [5.41, 5.74) is 0.831. The van der Waals surface area contributed by atoms with Gasteiger partial charge in [-0.2, -0.15) is 4.98 Å². The lowest BCUT2D eigenvalue weighted by Gasteiger charge is -2.12. The van der Waals surface area contributed by atoms with Crippen LogP contribution >= 0.6 is 0 Å². The molecule has 3 rings (SSSR count). The second-order valence-corrected chi connectivity index (χ2v) is 6.47. The number of aromatic nitrogens is 2. The Morgan fingerprint density at radius 1 is 1.29 bits per heavy atom. The van der Waals surface area contributed by atoms with Crippen LogP contribution in [0.25, 0.3) is 11.5 Å². The fraction of sp³-hybridized carbons (Fsp3) is 0.500. The van der Waals surface area contributed by atoms with Crippen LogP contribution in [0.4, 0.5) is 0 Å². The van der Waals surface area contributed by atoms with Crippen LogP contribution in [0.1, 0.15) is 51.3 Å². The number of amides is 1. The maximum atomic E-state index is 11.9. The van der Waals surface area contributed by atoms with Crippen LogP contribution in [0.5, 0.6) is 5.75 Å². The molecule has 1 saturated carbocycles. The normalized spacial score (nSPS) is 15.0. The fourth-order valence-electron chi connectivity index (χ4n) is 2.77. The first-order valence-corrected chi connectivity index (χ1v) is 8.48. The lowest BCUT2D eigenvalue weighted by Crippen LogP contribution is -2.36. The van der Waals surface area contributed by atoms with E-state index in [4.69, 9.17) is 9.26 Å². The topological polar surface area (TPSA) is 77.2 Å². The summed E-state index contributed by atoms with van der Waals surface area (Å²) in [6, 6.07) is 7.62. The van der Waals surface area contributed by atoms with E-state index < -0.39 is 0 Å². The summed E-state index contributed by atoms with van der Waals surface area (Å²) in [5.74, 6) is 1.98. The predicted molar refractivity (Wildman–Crippen MR) is 89.7 cm³/mol. The zero-order chi connectivity index (χ0) is 16.9. The number of carbonyl (C=O) groups excluding carboxylic acids is 1. The molecule has 0 aliphatic heterocycles. The van der Waals surface area contributed by atoms with Gasteiger partial charge in [0.15, 0.2) is 12.4 Å². The molecule has 1 aromatic carbocycles. The molecule has 1 aliphatic rings. The van der Waals surface area contributed by atoms with Crippen LogP contribution in [0.3, 0.4) is 0 Å². The molecule has 6 nitrogen and oxygen atoms in total. The van der Waals surface area contributed by atoms with Crippen LogP contribution in [-0.4, -0.2) is 28.7 Å². The first kappa shape index (κ1) is 16.5. The van der Waals surface area contributed by atoms with Gasteiger partial charge in [0.25, 0.3) is 11.8 Å². The molecule has 0 unspecified atom stereocenters. The van der Waals surface area contributed by atoms with Gasteiger partial charge in [0, 0.05) is 17.5 Å². The maximum absolute atomic E-state index is 11.9. The molecule has 1 amide bonds. The van der Waals surface area contributed by atoms with Crippen molar-refractivity contribution < 1.29 is 14.1 Å². The van der Waals surface area contributed by atoms with Gasteiger partial charge in [-0.3, -0.25) is 4.79 Å². The minimum Gasteiger partial charge on any atom is -0.484 e. The van der Waals surface area contributed by atoms with Crippen molar-refractivity contribution in [3.63, 3.8) is 0 Å². The number of hydrogen-bond acceptors (Lipinski definition) is 5. The van der Waals surface area contributed by atoms with Gasteiger partial charge < -0.3 is 14.6 Å². The number of carbonyl (C=O) groups is 1. The fourth-order valence-corrected chi connectivity index (χ4v) is 2.77. The molecule has 1 aliphatic carbocycles. The third-order valence-electron chi connectivity index (χ3n) is 4.15. The highest BCUT2D eigenvalue weighted by Crippen LogP contribution is 2.22. The number of nitrogens with one attached hydrogen (secondary N) is 1. The molecule has 0 atom stereocenters. The van der Waals surface area contributed by atoms with Gasteiger partial charge in [0.1, 0.15) is 5.75 Å². The Balaban J connectivity index is 1.53. The van der Waals surface area contributed by atoms with Gasteiger partial charge in [0.05, 0.1) is 0 Å². The van der Waals surface area contributed by atoms with E-state index in [1.807, 2.05) is 26.0 Å². The van der Waals surface area contributed by atoms with Crippen molar-refractivity contribution in [2.75, 3.05) is 6.61 Å². The standard InChI is InChI=1S/C18H23N3O3/c1-12(2)17-20-18(24-21-17)13-7-9-15(10-8-13)23-11-16(22)19-14-5-3-4-6-14/h7-10,12,14H,3-6,11H2,1-2H3,(H,19,22). The van der Waals surface area contributed by atoms with Crippen molar-refractivity contribution in [3.05, 3.63) is 30.1 Å². The summed E-state index contributed by atoms with van der Waals surface area (Å²) in [5, 5.41) is 6.95. The Labute approximate surface area is 141 Å². The second-order valence-electron chi connectivity index (χ2n) is 6.47. The van der Waals surface area contributed by atoms with E-state index in [2.05, 4.69) is 15.5 Å². The van der Waals surface area contributed by atoms with E-state index in [0.717, 1.165) is 18.4 Å². The average molecular weight is 329 g/mol. The second kappa shape index (κ2) is 7.47. The van der Waals surface area contributed by atoms with Crippen molar-refractivity contribution >= 4 is 5.91 Å². The van der Waals surface area contributed by atoms with Gasteiger partial charge in [-0.15, -0.1) is 0 Å². The number of rotatable bonds is 6. The third-order valence-corrected chi connectivity index (χ3v) is 4.15. The highest BCUT2D eigenvalue weighted by Gasteiger charge is 2.17. The lowest BCUT2D eigenvalue weighted by molar-refractivity contribution is -0.123. The Hall–Kier alpha value is -2.37. The lowest BCUT2D eigenvalue weighted by atomic mass is 10.2. The van der Waals surface area contributed by atoms with E-state index in [1.54, 1.807) is 12.1 Å². The molecule has 0 saturated heterocycles. The Morgan fingerprint density at radius 3 is 2.62 bits per heavy atom. The quantitative estimate of drug-likeness (QED) is 0.880. The minimum atomic E-state index is -0.0653. The van der Waals surface area contributed by atoms with Crippen molar-refractivity contribution in [2.45, 2.75) is 51.5 Å². The molecule has 6 heteroatoms. The molecule has 0 spiro atoms.